The molecule has 31 nitrogen and oxygen atoms in total. The summed E-state index contributed by atoms with van der Waals surface area (Å²) >= 11 is 27.5. The predicted molar refractivity (Wildman–Crippen MR) is 511 cm³/mol. The Morgan fingerprint density at radius 1 is 0.348 bits per heavy atom. The van der Waals surface area contributed by atoms with Crippen molar-refractivity contribution in [1.29, 1.82) is 0 Å². The summed E-state index contributed by atoms with van der Waals surface area (Å²) in [4.78, 5) is 60.5. The van der Waals surface area contributed by atoms with Gasteiger partial charge in [0.05, 0.1) is 65.5 Å². The molecular weight excluding hydrogens is 1800 g/mol. The molecule has 16 aromatic rings. The van der Waals surface area contributed by atoms with Gasteiger partial charge in [-0.25, -0.2) is 35.6 Å². The number of likely N-dealkylation sites (tertiary alicyclic amines) is 1. The van der Waals surface area contributed by atoms with E-state index < -0.39 is 19.9 Å². The number of sulfone groups is 1. The topological polar surface area (TPSA) is 351 Å². The maximum Gasteiger partial charge on any atom is 0.244 e. The second-order valence-corrected chi connectivity index (χ2v) is 37.8. The molecule has 0 spiro atoms. The number of sulfonamides is 1. The molecule has 4 amide bonds. The average Bonchev–Trinajstić information content (AvgIpc) is 1.61. The number of aliphatic hydroxyl groups is 1. The van der Waals surface area contributed by atoms with Gasteiger partial charge in [0.15, 0.2) is 32.4 Å². The monoisotopic (exact) mass is 1890 g/mol. The van der Waals surface area contributed by atoms with Gasteiger partial charge in [-0.3, -0.25) is 19.2 Å². The number of rotatable bonds is 20. The number of carbonyl (C=O) groups excluding carboxylic acids is 4. The first-order valence-corrected chi connectivity index (χ1v) is 47.7. The van der Waals surface area contributed by atoms with Crippen molar-refractivity contribution in [2.24, 2.45) is 0 Å². The van der Waals surface area contributed by atoms with E-state index in [1.165, 1.54) is 19.9 Å². The quantitative estimate of drug-likeness (QED) is 0.0740. The highest BCUT2D eigenvalue weighted by Crippen LogP contribution is 2.43. The fraction of sp³-hybridized carbons (Fsp3) is 0.242. The number of fused-ring (bicyclic) bond motifs is 4. The second-order valence-electron chi connectivity index (χ2n) is 32.0. The minimum absolute atomic E-state index is 0.0278. The number of nitrogens with zero attached hydrogens (tertiary/aromatic N) is 22. The zero-order chi connectivity index (χ0) is 92.3. The molecule has 1 N–H and O–H groups in total. The lowest BCUT2D eigenvalue weighted by Gasteiger charge is -2.33. The minimum atomic E-state index is -3.28. The van der Waals surface area contributed by atoms with Crippen LogP contribution in [0, 0.1) is 0 Å². The first kappa shape index (κ1) is 92.1. The summed E-state index contributed by atoms with van der Waals surface area (Å²) in [5.41, 5.74) is 13.5. The van der Waals surface area contributed by atoms with Crippen LogP contribution in [0.2, 0.25) is 20.1 Å². The molecule has 0 saturated carbocycles. The molecule has 0 radical (unpaired) electrons. The fourth-order valence-corrected chi connectivity index (χ4v) is 18.9. The molecule has 11 heterocycles. The summed E-state index contributed by atoms with van der Waals surface area (Å²) in [6, 6.07) is 77.0. The van der Waals surface area contributed by atoms with Crippen molar-refractivity contribution in [2.45, 2.75) is 45.1 Å². The zero-order valence-electron chi connectivity index (χ0n) is 72.3. The van der Waals surface area contributed by atoms with Crippen molar-refractivity contribution < 1.29 is 41.1 Å². The number of likely N-dealkylation sites (N-methyl/N-ethyl adjacent to an activating group) is 2. The molecule has 674 valence electrons. The molecule has 0 bridgehead atoms. The van der Waals surface area contributed by atoms with Crippen LogP contribution in [0.1, 0.15) is 12.8 Å². The third-order valence-electron chi connectivity index (χ3n) is 22.8. The van der Waals surface area contributed by atoms with Crippen LogP contribution in [0.5, 0.6) is 0 Å². The van der Waals surface area contributed by atoms with Gasteiger partial charge in [-0.1, -0.05) is 289 Å². The number of piperidine rings is 1. The summed E-state index contributed by atoms with van der Waals surface area (Å²) in [5.74, 6) is -0.571. The van der Waals surface area contributed by atoms with Crippen molar-refractivity contribution in [3.63, 3.8) is 0 Å². The number of hydrogen-bond acceptors (Lipinski definition) is 22. The minimum Gasteiger partial charge on any atom is -0.393 e. The lowest BCUT2D eigenvalue weighted by molar-refractivity contribution is -0.134. The van der Waals surface area contributed by atoms with Crippen molar-refractivity contribution in [3.05, 3.63) is 263 Å². The number of aromatic nitrogens is 16. The predicted octanol–water partition coefficient (Wildman–Crippen LogP) is 13.6. The van der Waals surface area contributed by atoms with Crippen LogP contribution in [0.15, 0.2) is 243 Å². The number of benzene rings is 8. The standard InChI is InChI=1S/C24H23ClN6O3S.C24H25ClN6O.C24H22ClN5O2.C23H20ClN5O3S/c1-35(33,34)30-14-12-29(13-15-30)19(32)16-31-24-20(22(28-31)17-8-4-2-5-9-17)21(25)23(26-27-24)18-10-6-3-7-11-18;1-29(2)14-15-30(3)19(32)16-31-24-20(22(28-31)17-10-6-4-7-11-17)21(25)23(26-27-24)18-12-8-5-9-13-18;25-21-20-22(16-7-3-1-4-8-16)28-30(15-19(32)29-13-11-18(31)12-14-29)24(20)27-26-23(21)17-9-5-2-6-10-17;24-20-19-21(16-7-3-1-4-8-16)27-29(15-18(30)28-11-13-33(31,32)14-12-28)23(19)26-25-22(20)17-9-5-2-6-10-17/h2-11H,12-16H2,1H3;4-13H,14-16H2,1-3H3;1-10,18,31H,11-15H2;1-10H,11-15H2. The molecule has 3 aliphatic rings. The van der Waals surface area contributed by atoms with E-state index in [-0.39, 0.29) is 93.6 Å². The van der Waals surface area contributed by atoms with E-state index in [2.05, 4.69) is 45.9 Å². The Bertz CT molecular complexity index is 7080. The van der Waals surface area contributed by atoms with Gasteiger partial charge in [0, 0.05) is 117 Å². The summed E-state index contributed by atoms with van der Waals surface area (Å²) in [6.45, 7) is 3.97. The number of halogens is 4. The van der Waals surface area contributed by atoms with Crippen LogP contribution in [0.25, 0.3) is 134 Å². The lowest BCUT2D eigenvalue weighted by atomic mass is 10.1. The Kier molecular flexibility index (Phi) is 28.6. The summed E-state index contributed by atoms with van der Waals surface area (Å²) in [6.07, 6.45) is 2.02. The van der Waals surface area contributed by atoms with Crippen LogP contribution >= 0.6 is 46.4 Å². The second kappa shape index (κ2) is 41.1. The molecule has 8 aromatic carbocycles. The van der Waals surface area contributed by atoms with Gasteiger partial charge in [0.1, 0.15) is 71.7 Å². The Morgan fingerprint density at radius 2 is 0.591 bits per heavy atom. The van der Waals surface area contributed by atoms with Crippen molar-refractivity contribution in [2.75, 3.05) is 104 Å². The molecule has 8 aromatic heterocycles. The Morgan fingerprint density at radius 3 is 0.848 bits per heavy atom. The third-order valence-corrected chi connectivity index (χ3v) is 27.2. The number of amides is 4. The number of hydrogen-bond donors (Lipinski definition) is 1. The van der Waals surface area contributed by atoms with Gasteiger partial charge >= 0.3 is 0 Å². The van der Waals surface area contributed by atoms with Gasteiger partial charge in [0.25, 0.3) is 0 Å². The molecule has 0 unspecified atom stereocenters. The Balaban J connectivity index is 0.000000128. The van der Waals surface area contributed by atoms with Crippen molar-refractivity contribution in [1.82, 2.24) is 109 Å². The van der Waals surface area contributed by atoms with Gasteiger partial charge in [0.2, 0.25) is 33.7 Å². The molecule has 0 aliphatic carbocycles. The number of carbonyl (C=O) groups is 4. The van der Waals surface area contributed by atoms with Crippen LogP contribution in [0.4, 0.5) is 0 Å². The fourth-order valence-electron chi connectivity index (χ4n) is 15.6. The highest BCUT2D eigenvalue weighted by Gasteiger charge is 2.33. The average molecular weight is 1890 g/mol. The highest BCUT2D eigenvalue weighted by atomic mass is 35.5. The normalized spacial score (nSPS) is 14.2. The summed E-state index contributed by atoms with van der Waals surface area (Å²) in [7, 11) is -0.606. The largest absolute Gasteiger partial charge is 0.393 e. The number of aliphatic hydroxyl groups excluding tert-OH is 1. The maximum absolute atomic E-state index is 13.1. The van der Waals surface area contributed by atoms with Crippen LogP contribution in [0.3, 0.4) is 0 Å². The van der Waals surface area contributed by atoms with E-state index in [1.54, 1.807) is 36.0 Å². The summed E-state index contributed by atoms with van der Waals surface area (Å²) in [5, 5.41) is 68.1. The Hall–Kier alpha value is -13.2. The lowest BCUT2D eigenvalue weighted by Crippen LogP contribution is -2.51. The first-order valence-electron chi connectivity index (χ1n) is 42.5. The Labute approximate surface area is 780 Å². The van der Waals surface area contributed by atoms with Crippen LogP contribution < -0.4 is 0 Å². The van der Waals surface area contributed by atoms with Gasteiger partial charge < -0.3 is 29.6 Å². The van der Waals surface area contributed by atoms with E-state index in [4.69, 9.17) is 61.7 Å². The van der Waals surface area contributed by atoms with E-state index in [9.17, 15) is 41.1 Å². The van der Waals surface area contributed by atoms with Crippen LogP contribution in [-0.4, -0.2) is 265 Å². The third kappa shape index (κ3) is 20.9. The van der Waals surface area contributed by atoms with E-state index in [0.717, 1.165) is 51.1 Å². The summed E-state index contributed by atoms with van der Waals surface area (Å²) < 4.78 is 54.6. The van der Waals surface area contributed by atoms with Gasteiger partial charge in [-0.2, -0.15) is 24.7 Å². The molecule has 19 rings (SSSR count). The molecule has 3 fully saturated rings. The highest BCUT2D eigenvalue weighted by molar-refractivity contribution is 7.91. The molecule has 3 saturated heterocycles. The molecular formula is C95H90Cl4N22O9S2. The van der Waals surface area contributed by atoms with Gasteiger partial charge in [-0.05, 0) is 26.9 Å². The van der Waals surface area contributed by atoms with E-state index in [0.29, 0.717) is 155 Å². The van der Waals surface area contributed by atoms with Gasteiger partial charge in [-0.15, -0.1) is 40.8 Å². The molecule has 132 heavy (non-hydrogen) atoms. The SMILES string of the molecule is CN(C)CCN(C)C(=O)Cn1nc(-c2ccccc2)c2c(Cl)c(-c3ccccc3)nnc21.CS(=O)(=O)N1CCN(C(=O)Cn2nc(-c3ccccc3)c3c(Cl)c(-c4ccccc4)nnc32)CC1.O=C(Cn1nc(-c2ccccc2)c2c(Cl)c(-c3ccccc3)nnc21)N1CCC(O)CC1.O=C(Cn1nc(-c2ccccc2)c2c(Cl)c(-c3ccccc3)nnc21)N1CCS(=O)(=O)CC1. The van der Waals surface area contributed by atoms with Crippen molar-refractivity contribution >= 4 is 134 Å². The maximum atomic E-state index is 13.1. The number of piperazine rings is 1. The molecule has 0 atom stereocenters. The molecule has 37 heteroatoms. The van der Waals surface area contributed by atoms with E-state index >= 15 is 0 Å². The zero-order valence-corrected chi connectivity index (χ0v) is 76.9. The smallest absolute Gasteiger partial charge is 0.244 e. The van der Waals surface area contributed by atoms with Crippen LogP contribution in [-0.2, 0) is 65.2 Å². The molecule has 3 aliphatic heterocycles. The van der Waals surface area contributed by atoms with E-state index in [1.807, 2.05) is 262 Å². The van der Waals surface area contributed by atoms with Crippen molar-refractivity contribution in [3.8, 4) is 90.1 Å². The first-order chi connectivity index (χ1) is 63.8.